The highest BCUT2D eigenvalue weighted by atomic mass is 16.6. The molecule has 0 aliphatic carbocycles. The van der Waals surface area contributed by atoms with E-state index in [1.54, 1.807) is 11.0 Å². The van der Waals surface area contributed by atoms with Crippen LogP contribution in [0.5, 0.6) is 0 Å². The fourth-order valence-corrected chi connectivity index (χ4v) is 3.07. The lowest BCUT2D eigenvalue weighted by atomic mass is 10.1. The topological polar surface area (TPSA) is 97.8 Å². The first-order valence-electron chi connectivity index (χ1n) is 9.58. The number of nitrogens with zero attached hydrogens (tertiary/aromatic N) is 2. The molecular weight excluding hydrogens is 386 g/mol. The van der Waals surface area contributed by atoms with Crippen molar-refractivity contribution in [1.29, 1.82) is 0 Å². The molecule has 0 saturated carbocycles. The zero-order chi connectivity index (χ0) is 21.9. The van der Waals surface area contributed by atoms with Gasteiger partial charge in [-0.1, -0.05) is 24.3 Å². The first-order chi connectivity index (χ1) is 14.2. The molecule has 0 spiro atoms. The number of hydrogen-bond donors (Lipinski definition) is 1. The van der Waals surface area contributed by atoms with Crippen molar-refractivity contribution in [1.82, 2.24) is 15.2 Å². The summed E-state index contributed by atoms with van der Waals surface area (Å²) >= 11 is 0. The van der Waals surface area contributed by atoms with Gasteiger partial charge < -0.3 is 14.8 Å². The molecule has 1 aromatic carbocycles. The molecule has 158 valence electrons. The molecule has 8 nitrogen and oxygen atoms in total. The first kappa shape index (κ1) is 21.3. The molecule has 30 heavy (non-hydrogen) atoms. The van der Waals surface area contributed by atoms with Gasteiger partial charge in [0.05, 0.1) is 7.11 Å². The van der Waals surface area contributed by atoms with Crippen LogP contribution in [0.3, 0.4) is 0 Å². The minimum atomic E-state index is -0.599. The van der Waals surface area contributed by atoms with Crippen LogP contribution in [0.15, 0.2) is 36.4 Å². The van der Waals surface area contributed by atoms with Crippen LogP contribution in [-0.2, 0) is 29.1 Å². The van der Waals surface area contributed by atoms with Crippen LogP contribution in [0.25, 0.3) is 0 Å². The molecule has 2 heterocycles. The van der Waals surface area contributed by atoms with Crippen LogP contribution in [0.4, 0.5) is 4.79 Å². The fraction of sp³-hybridized carbons (Fsp3) is 0.364. The average Bonchev–Trinajstić information content (AvgIpc) is 3.14. The Balaban J connectivity index is 1.61. The summed E-state index contributed by atoms with van der Waals surface area (Å²) in [6.45, 7) is 6.78. The van der Waals surface area contributed by atoms with Crippen molar-refractivity contribution < 1.29 is 23.9 Å². The van der Waals surface area contributed by atoms with Gasteiger partial charge in [0.1, 0.15) is 17.0 Å². The number of pyridine rings is 1. The third kappa shape index (κ3) is 5.14. The molecule has 0 unspecified atom stereocenters. The van der Waals surface area contributed by atoms with Crippen molar-refractivity contribution in [3.8, 4) is 0 Å². The molecule has 3 rings (SSSR count). The van der Waals surface area contributed by atoms with E-state index in [2.05, 4.69) is 15.0 Å². The molecule has 0 fully saturated rings. The molecule has 2 amide bonds. The average molecular weight is 411 g/mol. The standard InChI is InChI=1S/C22H25N3O5/c1-22(2,3)30-21(28)25-12-15-9-8-14(10-16(15)13-25)11-23-19(26)17-6-5-7-18(24-17)20(27)29-4/h5-10H,11-13H2,1-4H3,(H,23,26). The van der Waals surface area contributed by atoms with Gasteiger partial charge in [0, 0.05) is 19.6 Å². The summed E-state index contributed by atoms with van der Waals surface area (Å²) in [6, 6.07) is 10.4. The minimum absolute atomic E-state index is 0.0740. The maximum atomic E-state index is 12.4. The van der Waals surface area contributed by atoms with Crippen LogP contribution in [0, 0.1) is 0 Å². The van der Waals surface area contributed by atoms with Gasteiger partial charge in [0.15, 0.2) is 0 Å². The molecule has 8 heteroatoms. The molecule has 1 aliphatic rings. The Morgan fingerprint density at radius 1 is 1.07 bits per heavy atom. The Bertz CT molecular complexity index is 981. The molecule has 0 atom stereocenters. The molecule has 1 N–H and O–H groups in total. The highest BCUT2D eigenvalue weighted by molar-refractivity contribution is 5.94. The summed E-state index contributed by atoms with van der Waals surface area (Å²) < 4.78 is 10.1. The van der Waals surface area contributed by atoms with E-state index < -0.39 is 17.5 Å². The Kier molecular flexibility index (Phi) is 6.05. The van der Waals surface area contributed by atoms with E-state index >= 15 is 0 Å². The van der Waals surface area contributed by atoms with E-state index in [1.807, 2.05) is 39.0 Å². The number of nitrogens with one attached hydrogen (secondary N) is 1. The second kappa shape index (κ2) is 8.52. The normalized spacial score (nSPS) is 12.9. The fourth-order valence-electron chi connectivity index (χ4n) is 3.07. The van der Waals surface area contributed by atoms with Crippen molar-refractivity contribution in [2.24, 2.45) is 0 Å². The van der Waals surface area contributed by atoms with E-state index in [4.69, 9.17) is 4.74 Å². The number of amides is 2. The predicted molar refractivity (Wildman–Crippen MR) is 109 cm³/mol. The number of carbonyl (C=O) groups is 3. The van der Waals surface area contributed by atoms with Gasteiger partial charge in [0.25, 0.3) is 5.91 Å². The summed E-state index contributed by atoms with van der Waals surface area (Å²) in [5.74, 6) is -0.991. The highest BCUT2D eigenvalue weighted by Gasteiger charge is 2.27. The van der Waals surface area contributed by atoms with E-state index in [9.17, 15) is 14.4 Å². The molecule has 0 radical (unpaired) electrons. The molecule has 1 aromatic heterocycles. The van der Waals surface area contributed by atoms with Crippen molar-refractivity contribution in [2.45, 2.75) is 46.0 Å². The summed E-state index contributed by atoms with van der Waals surface area (Å²) in [5, 5.41) is 2.80. The zero-order valence-corrected chi connectivity index (χ0v) is 17.5. The van der Waals surface area contributed by atoms with E-state index in [1.165, 1.54) is 19.2 Å². The number of hydrogen-bond acceptors (Lipinski definition) is 6. The maximum Gasteiger partial charge on any atom is 0.410 e. The monoisotopic (exact) mass is 411 g/mol. The van der Waals surface area contributed by atoms with E-state index in [0.717, 1.165) is 16.7 Å². The van der Waals surface area contributed by atoms with Gasteiger partial charge >= 0.3 is 12.1 Å². The van der Waals surface area contributed by atoms with E-state index in [-0.39, 0.29) is 17.5 Å². The third-order valence-corrected chi connectivity index (χ3v) is 4.47. The SMILES string of the molecule is COC(=O)c1cccc(C(=O)NCc2ccc3c(c2)CN(C(=O)OC(C)(C)C)C3)n1. The number of methoxy groups -OCH3 is 1. The zero-order valence-electron chi connectivity index (χ0n) is 17.5. The van der Waals surface area contributed by atoms with Crippen LogP contribution >= 0.6 is 0 Å². The van der Waals surface area contributed by atoms with Crippen LogP contribution in [-0.4, -0.2) is 40.6 Å². The third-order valence-electron chi connectivity index (χ3n) is 4.47. The van der Waals surface area contributed by atoms with Crippen LogP contribution < -0.4 is 5.32 Å². The van der Waals surface area contributed by atoms with Gasteiger partial charge in [-0.2, -0.15) is 0 Å². The van der Waals surface area contributed by atoms with Crippen molar-refractivity contribution >= 4 is 18.0 Å². The number of esters is 1. The second-order valence-corrected chi connectivity index (χ2v) is 8.02. The lowest BCUT2D eigenvalue weighted by Crippen LogP contribution is -2.33. The maximum absolute atomic E-state index is 12.4. The lowest BCUT2D eigenvalue weighted by molar-refractivity contribution is 0.0241. The van der Waals surface area contributed by atoms with E-state index in [0.29, 0.717) is 19.6 Å². The Morgan fingerprint density at radius 3 is 2.47 bits per heavy atom. The largest absolute Gasteiger partial charge is 0.464 e. The number of rotatable bonds is 4. The van der Waals surface area contributed by atoms with Gasteiger partial charge in [-0.15, -0.1) is 0 Å². The molecule has 0 bridgehead atoms. The molecule has 1 aliphatic heterocycles. The van der Waals surface area contributed by atoms with Gasteiger partial charge in [-0.25, -0.2) is 14.6 Å². The second-order valence-electron chi connectivity index (χ2n) is 8.02. The molecule has 0 saturated heterocycles. The molecule has 2 aromatic rings. The minimum Gasteiger partial charge on any atom is -0.464 e. The van der Waals surface area contributed by atoms with Crippen molar-refractivity contribution in [3.63, 3.8) is 0 Å². The smallest absolute Gasteiger partial charge is 0.410 e. The quantitative estimate of drug-likeness (QED) is 0.777. The Morgan fingerprint density at radius 2 is 1.77 bits per heavy atom. The van der Waals surface area contributed by atoms with Gasteiger partial charge in [-0.3, -0.25) is 9.69 Å². The summed E-state index contributed by atoms with van der Waals surface area (Å²) in [7, 11) is 1.26. The Hall–Kier alpha value is -3.42. The Labute approximate surface area is 175 Å². The predicted octanol–water partition coefficient (Wildman–Crippen LogP) is 3.05. The number of benzene rings is 1. The summed E-state index contributed by atoms with van der Waals surface area (Å²) in [4.78, 5) is 41.9. The van der Waals surface area contributed by atoms with Crippen molar-refractivity contribution in [3.05, 3.63) is 64.5 Å². The van der Waals surface area contributed by atoms with Crippen LogP contribution in [0.2, 0.25) is 0 Å². The first-order valence-corrected chi connectivity index (χ1v) is 9.58. The number of fused-ring (bicyclic) bond motifs is 1. The van der Waals surface area contributed by atoms with Crippen LogP contribution in [0.1, 0.15) is 58.4 Å². The summed E-state index contributed by atoms with van der Waals surface area (Å²) in [6.07, 6.45) is -0.342. The number of carbonyl (C=O) groups excluding carboxylic acids is 3. The molecular formula is C22H25N3O5. The van der Waals surface area contributed by atoms with Gasteiger partial charge in [0.2, 0.25) is 0 Å². The number of aromatic nitrogens is 1. The lowest BCUT2D eigenvalue weighted by Gasteiger charge is -2.24. The highest BCUT2D eigenvalue weighted by Crippen LogP contribution is 2.25. The van der Waals surface area contributed by atoms with Crippen molar-refractivity contribution in [2.75, 3.05) is 7.11 Å². The summed E-state index contributed by atoms with van der Waals surface area (Å²) in [5.41, 5.74) is 2.65. The van der Waals surface area contributed by atoms with Gasteiger partial charge in [-0.05, 0) is 49.6 Å². The number of ether oxygens (including phenoxy) is 2.